The Morgan fingerprint density at radius 1 is 0.136 bits per heavy atom. The van der Waals surface area contributed by atoms with Gasteiger partial charge in [-0.1, -0.05) is 243 Å². The van der Waals surface area contributed by atoms with Crippen LogP contribution in [0.1, 0.15) is 0 Å². The van der Waals surface area contributed by atoms with E-state index in [1.54, 1.807) is 0 Å². The van der Waals surface area contributed by atoms with E-state index < -0.39 is 0 Å². The molecule has 14 aromatic rings. The van der Waals surface area contributed by atoms with E-state index in [9.17, 15) is 0 Å². The van der Waals surface area contributed by atoms with Crippen molar-refractivity contribution in [2.75, 3.05) is 0 Å². The summed E-state index contributed by atoms with van der Waals surface area (Å²) >= 11 is 0. The van der Waals surface area contributed by atoms with Crippen LogP contribution in [0, 0.1) is 0 Å². The second-order valence-corrected chi connectivity index (χ2v) is 17.8. The minimum atomic E-state index is 1.21. The van der Waals surface area contributed by atoms with Gasteiger partial charge >= 0.3 is 0 Å². The lowest BCUT2D eigenvalue weighted by atomic mass is 9.81. The summed E-state index contributed by atoms with van der Waals surface area (Å²) in [5, 5.41) is 22.9. The molecule has 0 saturated carbocycles. The molecule has 0 radical (unpaired) electrons. The van der Waals surface area contributed by atoms with E-state index in [2.05, 4.69) is 243 Å². The van der Waals surface area contributed by atoms with Gasteiger partial charge in [0.15, 0.2) is 0 Å². The van der Waals surface area contributed by atoms with Crippen molar-refractivity contribution in [3.63, 3.8) is 0 Å². The van der Waals surface area contributed by atoms with Crippen molar-refractivity contribution < 1.29 is 0 Å². The number of rotatable bonds is 4. The Kier molecular flexibility index (Phi) is 8.08. The minimum absolute atomic E-state index is 1.21. The zero-order valence-corrected chi connectivity index (χ0v) is 36.1. The van der Waals surface area contributed by atoms with Crippen molar-refractivity contribution in [3.8, 4) is 44.5 Å². The quantitative estimate of drug-likeness (QED) is 0.155. The molecule has 0 heteroatoms. The van der Waals surface area contributed by atoms with Crippen LogP contribution in [0.4, 0.5) is 0 Å². The minimum Gasteiger partial charge on any atom is -0.0616 e. The zero-order chi connectivity index (χ0) is 43.3. The standard InChI is InChI=1S/C66H40/c1-2-18-42-41(17-1)35-36-53-52(42)37-39-63-54(53)38-40-62(50-26-8-7-25-49(50)60-33-15-31-58-47-21-5-3-19-43(47)45-23-9-12-28-55(45)64(58)60)66(63)57-30-14-11-27-51(57)61-34-16-32-59-48-22-6-4-20-44(48)46-24-10-13-29-56(46)65(59)61/h1-40H. The summed E-state index contributed by atoms with van der Waals surface area (Å²) in [6, 6.07) is 90.6. The van der Waals surface area contributed by atoms with Gasteiger partial charge in [-0.2, -0.15) is 0 Å². The first-order valence-corrected chi connectivity index (χ1v) is 23.0. The molecule has 0 bridgehead atoms. The first-order valence-electron chi connectivity index (χ1n) is 23.0. The number of hydrogen-bond donors (Lipinski definition) is 0. The molecule has 0 fully saturated rings. The Labute approximate surface area is 382 Å². The van der Waals surface area contributed by atoms with Crippen molar-refractivity contribution in [2.24, 2.45) is 0 Å². The van der Waals surface area contributed by atoms with E-state index in [1.807, 2.05) is 0 Å². The van der Waals surface area contributed by atoms with Crippen molar-refractivity contribution >= 4 is 97.0 Å². The van der Waals surface area contributed by atoms with Gasteiger partial charge in [0.1, 0.15) is 0 Å². The number of fused-ring (bicyclic) bond motifs is 17. The molecule has 0 aliphatic rings. The molecule has 14 rings (SSSR count). The van der Waals surface area contributed by atoms with Crippen LogP contribution in [0.25, 0.3) is 141 Å². The molecule has 0 saturated heterocycles. The monoisotopic (exact) mass is 832 g/mol. The Morgan fingerprint density at radius 2 is 0.424 bits per heavy atom. The van der Waals surface area contributed by atoms with Crippen LogP contribution in [0.3, 0.4) is 0 Å². The molecule has 0 atom stereocenters. The SMILES string of the molecule is c1ccc(-c2cccc3c4ccccc4c4ccccc4c23)c(-c2ccc3c(ccc4c5ccccc5ccc34)c2-c2ccccc2-c2cccc3c4ccccc4c4ccccc4c23)c1. The highest BCUT2D eigenvalue weighted by Crippen LogP contribution is 2.50. The maximum absolute atomic E-state index is 2.41. The summed E-state index contributed by atoms with van der Waals surface area (Å²) in [7, 11) is 0. The Balaban J connectivity index is 1.11. The summed E-state index contributed by atoms with van der Waals surface area (Å²) in [6.07, 6.45) is 0. The van der Waals surface area contributed by atoms with Gasteiger partial charge in [-0.3, -0.25) is 0 Å². The van der Waals surface area contributed by atoms with Crippen molar-refractivity contribution in [3.05, 3.63) is 243 Å². The topological polar surface area (TPSA) is 0 Å². The van der Waals surface area contributed by atoms with Crippen LogP contribution in [0.2, 0.25) is 0 Å². The second kappa shape index (κ2) is 14.5. The van der Waals surface area contributed by atoms with Crippen LogP contribution in [-0.2, 0) is 0 Å². The molecule has 0 nitrogen and oxygen atoms in total. The average molecular weight is 833 g/mol. The van der Waals surface area contributed by atoms with Gasteiger partial charge in [0.2, 0.25) is 0 Å². The van der Waals surface area contributed by atoms with Gasteiger partial charge in [0.05, 0.1) is 0 Å². The van der Waals surface area contributed by atoms with Gasteiger partial charge < -0.3 is 0 Å². The third-order valence-electron chi connectivity index (χ3n) is 14.5. The summed E-state index contributed by atoms with van der Waals surface area (Å²) in [5.41, 5.74) is 9.79. The second-order valence-electron chi connectivity index (χ2n) is 17.8. The highest BCUT2D eigenvalue weighted by Gasteiger charge is 2.23. The van der Waals surface area contributed by atoms with Crippen LogP contribution in [0.15, 0.2) is 243 Å². The molecular formula is C66H40. The van der Waals surface area contributed by atoms with Gasteiger partial charge in [-0.25, -0.2) is 0 Å². The smallest absolute Gasteiger partial charge is 0.00201 e. The predicted molar refractivity (Wildman–Crippen MR) is 286 cm³/mol. The fourth-order valence-electron chi connectivity index (χ4n) is 11.7. The van der Waals surface area contributed by atoms with Gasteiger partial charge in [-0.05, 0) is 141 Å². The van der Waals surface area contributed by atoms with E-state index >= 15 is 0 Å². The van der Waals surface area contributed by atoms with E-state index in [-0.39, 0.29) is 0 Å². The van der Waals surface area contributed by atoms with E-state index in [0.29, 0.717) is 0 Å². The largest absolute Gasteiger partial charge is 0.0616 e. The van der Waals surface area contributed by atoms with Gasteiger partial charge in [0, 0.05) is 0 Å². The van der Waals surface area contributed by atoms with Crippen LogP contribution >= 0.6 is 0 Å². The van der Waals surface area contributed by atoms with Crippen molar-refractivity contribution in [1.82, 2.24) is 0 Å². The average Bonchev–Trinajstić information content (AvgIpc) is 3.40. The fraction of sp³-hybridized carbons (Fsp3) is 0. The Hall–Kier alpha value is -8.58. The molecule has 0 aromatic heterocycles. The van der Waals surface area contributed by atoms with Crippen LogP contribution in [-0.4, -0.2) is 0 Å². The first-order chi connectivity index (χ1) is 32.8. The molecule has 0 spiro atoms. The van der Waals surface area contributed by atoms with E-state index in [4.69, 9.17) is 0 Å². The lowest BCUT2D eigenvalue weighted by Gasteiger charge is -2.22. The summed E-state index contributed by atoms with van der Waals surface area (Å²) in [5.74, 6) is 0. The highest BCUT2D eigenvalue weighted by atomic mass is 14.3. The summed E-state index contributed by atoms with van der Waals surface area (Å²) < 4.78 is 0. The molecule has 0 N–H and O–H groups in total. The van der Waals surface area contributed by atoms with Crippen molar-refractivity contribution in [1.29, 1.82) is 0 Å². The molecule has 0 aliphatic heterocycles. The lowest BCUT2D eigenvalue weighted by molar-refractivity contribution is 1.59. The number of benzene rings is 14. The van der Waals surface area contributed by atoms with Crippen molar-refractivity contribution in [2.45, 2.75) is 0 Å². The van der Waals surface area contributed by atoms with Gasteiger partial charge in [0.25, 0.3) is 0 Å². The van der Waals surface area contributed by atoms with Gasteiger partial charge in [-0.15, -0.1) is 0 Å². The summed E-state index contributed by atoms with van der Waals surface area (Å²) in [6.45, 7) is 0. The maximum atomic E-state index is 2.41. The molecular weight excluding hydrogens is 793 g/mol. The number of hydrogen-bond acceptors (Lipinski definition) is 0. The molecule has 304 valence electrons. The zero-order valence-electron chi connectivity index (χ0n) is 36.1. The molecule has 14 aromatic carbocycles. The predicted octanol–water partition coefficient (Wildman–Crippen LogP) is 18.7. The molecule has 0 aliphatic carbocycles. The lowest BCUT2D eigenvalue weighted by Crippen LogP contribution is -1.95. The first kappa shape index (κ1) is 36.9. The third-order valence-corrected chi connectivity index (χ3v) is 14.5. The van der Waals surface area contributed by atoms with Crippen LogP contribution < -0.4 is 0 Å². The maximum Gasteiger partial charge on any atom is -0.00201 e. The Bertz CT molecular complexity index is 4250. The molecule has 0 unspecified atom stereocenters. The molecule has 66 heavy (non-hydrogen) atoms. The van der Waals surface area contributed by atoms with E-state index in [1.165, 1.54) is 141 Å². The fourth-order valence-corrected chi connectivity index (χ4v) is 11.7. The third kappa shape index (κ3) is 5.33. The van der Waals surface area contributed by atoms with Crippen LogP contribution in [0.5, 0.6) is 0 Å². The molecule has 0 amide bonds. The van der Waals surface area contributed by atoms with E-state index in [0.717, 1.165) is 0 Å². The summed E-state index contributed by atoms with van der Waals surface area (Å²) in [4.78, 5) is 0. The Morgan fingerprint density at radius 3 is 0.955 bits per heavy atom. The molecule has 0 heterocycles. The normalized spacial score (nSPS) is 11.9. The highest BCUT2D eigenvalue weighted by molar-refractivity contribution is 6.31.